The van der Waals surface area contributed by atoms with Gasteiger partial charge in [-0.1, -0.05) is 12.1 Å². The lowest BCUT2D eigenvalue weighted by Crippen LogP contribution is -2.10. The molecule has 24 heavy (non-hydrogen) atoms. The van der Waals surface area contributed by atoms with Crippen molar-refractivity contribution in [2.45, 2.75) is 6.92 Å². The maximum Gasteiger partial charge on any atom is 0.342 e. The quantitative estimate of drug-likeness (QED) is 0.713. The maximum atomic E-state index is 12.1. The molecule has 0 fully saturated rings. The van der Waals surface area contributed by atoms with E-state index in [4.69, 9.17) is 9.15 Å². The summed E-state index contributed by atoms with van der Waals surface area (Å²) in [5, 5.41) is 0.472. The monoisotopic (exact) mass is 366 g/mol. The van der Waals surface area contributed by atoms with E-state index in [2.05, 4.69) is 9.71 Å². The molecule has 126 valence electrons. The molecule has 0 bridgehead atoms. The number of thiazole rings is 1. The van der Waals surface area contributed by atoms with Gasteiger partial charge in [0, 0.05) is 0 Å². The van der Waals surface area contributed by atoms with Crippen molar-refractivity contribution < 1.29 is 22.4 Å². The van der Waals surface area contributed by atoms with Gasteiger partial charge in [0.15, 0.2) is 0 Å². The van der Waals surface area contributed by atoms with Crippen molar-refractivity contribution in [3.8, 4) is 10.6 Å². The number of sulfonamides is 1. The number of hydrogen-bond donors (Lipinski definition) is 1. The van der Waals surface area contributed by atoms with Crippen molar-refractivity contribution in [1.82, 2.24) is 4.98 Å². The molecule has 0 aliphatic carbocycles. The van der Waals surface area contributed by atoms with Crippen molar-refractivity contribution >= 4 is 43.4 Å². The van der Waals surface area contributed by atoms with Crippen LogP contribution in [0.5, 0.6) is 0 Å². The van der Waals surface area contributed by atoms with Crippen LogP contribution in [0.2, 0.25) is 0 Å². The third kappa shape index (κ3) is 3.00. The van der Waals surface area contributed by atoms with E-state index < -0.39 is 16.0 Å². The topological polar surface area (TPSA) is 98.5 Å². The van der Waals surface area contributed by atoms with Gasteiger partial charge in [0.1, 0.15) is 16.3 Å². The van der Waals surface area contributed by atoms with Gasteiger partial charge in [0.2, 0.25) is 15.9 Å². The predicted molar refractivity (Wildman–Crippen MR) is 91.9 cm³/mol. The number of furan rings is 1. The highest BCUT2D eigenvalue weighted by Gasteiger charge is 2.29. The Hall–Kier alpha value is -2.39. The number of methoxy groups -OCH3 is 1. The Bertz CT molecular complexity index is 1000. The number of carbonyl (C=O) groups is 1. The van der Waals surface area contributed by atoms with Gasteiger partial charge in [-0.3, -0.25) is 4.72 Å². The zero-order chi connectivity index (χ0) is 17.5. The van der Waals surface area contributed by atoms with E-state index in [1.807, 2.05) is 24.3 Å². The Morgan fingerprint density at radius 2 is 2.04 bits per heavy atom. The number of ether oxygens (including phenoxy) is 1. The van der Waals surface area contributed by atoms with Crippen LogP contribution in [-0.4, -0.2) is 32.7 Å². The van der Waals surface area contributed by atoms with E-state index in [0.29, 0.717) is 5.01 Å². The molecule has 3 rings (SSSR count). The fourth-order valence-electron chi connectivity index (χ4n) is 2.32. The number of aromatic nitrogens is 1. The lowest BCUT2D eigenvalue weighted by molar-refractivity contribution is 0.0599. The third-order valence-corrected chi connectivity index (χ3v) is 4.87. The molecule has 0 spiro atoms. The number of fused-ring (bicyclic) bond motifs is 1. The SMILES string of the molecule is COC(=O)c1c(C)oc(NS(C)(=O)=O)c1-c1nc2ccccc2s1. The molecule has 1 N–H and O–H groups in total. The average molecular weight is 366 g/mol. The van der Waals surface area contributed by atoms with Crippen LogP contribution in [-0.2, 0) is 14.8 Å². The van der Waals surface area contributed by atoms with Crippen molar-refractivity contribution in [3.63, 3.8) is 0 Å². The Kier molecular flexibility index (Phi) is 4.06. The Balaban J connectivity index is 2.28. The number of benzene rings is 1. The minimum atomic E-state index is -3.59. The molecule has 0 unspecified atom stereocenters. The largest absolute Gasteiger partial charge is 0.465 e. The van der Waals surface area contributed by atoms with Crippen molar-refractivity contribution in [3.05, 3.63) is 35.6 Å². The van der Waals surface area contributed by atoms with Crippen molar-refractivity contribution in [2.75, 3.05) is 18.1 Å². The highest BCUT2D eigenvalue weighted by molar-refractivity contribution is 7.92. The molecule has 0 saturated heterocycles. The molecule has 2 aromatic heterocycles. The second-order valence-corrected chi connectivity index (χ2v) is 7.87. The zero-order valence-electron chi connectivity index (χ0n) is 13.1. The molecular weight excluding hydrogens is 352 g/mol. The van der Waals surface area contributed by atoms with Crippen LogP contribution >= 0.6 is 11.3 Å². The number of nitrogens with one attached hydrogen (secondary N) is 1. The average Bonchev–Trinajstić information content (AvgIpc) is 3.05. The van der Waals surface area contributed by atoms with Crippen LogP contribution in [0.4, 0.5) is 5.88 Å². The summed E-state index contributed by atoms with van der Waals surface area (Å²) >= 11 is 1.33. The number of esters is 1. The zero-order valence-corrected chi connectivity index (χ0v) is 14.7. The van der Waals surface area contributed by atoms with E-state index in [0.717, 1.165) is 16.5 Å². The van der Waals surface area contributed by atoms with E-state index in [-0.39, 0.29) is 22.8 Å². The first-order valence-corrected chi connectivity index (χ1v) is 9.56. The maximum absolute atomic E-state index is 12.1. The van der Waals surface area contributed by atoms with Gasteiger partial charge in [-0.25, -0.2) is 18.2 Å². The summed E-state index contributed by atoms with van der Waals surface area (Å²) in [7, 11) is -2.34. The van der Waals surface area contributed by atoms with Crippen LogP contribution in [0.1, 0.15) is 16.1 Å². The highest BCUT2D eigenvalue weighted by atomic mass is 32.2. The van der Waals surface area contributed by atoms with Gasteiger partial charge >= 0.3 is 5.97 Å². The van der Waals surface area contributed by atoms with E-state index in [1.54, 1.807) is 6.92 Å². The fourth-order valence-corrected chi connectivity index (χ4v) is 3.81. The standard InChI is InChI=1S/C15H14N2O5S2/c1-8-11(15(18)21-2)12(13(22-8)17-24(3,19)20)14-16-9-6-4-5-7-10(9)23-14/h4-7,17H,1-3H3. The first kappa shape index (κ1) is 16.5. The first-order valence-electron chi connectivity index (χ1n) is 6.85. The minimum Gasteiger partial charge on any atom is -0.465 e. The summed E-state index contributed by atoms with van der Waals surface area (Å²) in [5.74, 6) is -0.413. The molecule has 0 saturated carbocycles. The van der Waals surface area contributed by atoms with E-state index in [9.17, 15) is 13.2 Å². The Morgan fingerprint density at radius 1 is 1.33 bits per heavy atom. The smallest absolute Gasteiger partial charge is 0.342 e. The molecule has 0 aliphatic rings. The Labute approximate surface area is 142 Å². The van der Waals surface area contributed by atoms with Gasteiger partial charge in [0.25, 0.3) is 0 Å². The summed E-state index contributed by atoms with van der Waals surface area (Å²) in [6, 6.07) is 7.46. The minimum absolute atomic E-state index is 0.0468. The van der Waals surface area contributed by atoms with Crippen LogP contribution < -0.4 is 4.72 Å². The third-order valence-electron chi connectivity index (χ3n) is 3.26. The van der Waals surface area contributed by atoms with Crippen LogP contribution in [0.15, 0.2) is 28.7 Å². The summed E-state index contributed by atoms with van der Waals surface area (Å²) in [5.41, 5.74) is 1.19. The fraction of sp³-hybridized carbons (Fsp3) is 0.200. The second kappa shape index (κ2) is 5.91. The second-order valence-electron chi connectivity index (χ2n) is 5.09. The molecule has 1 aromatic carbocycles. The van der Waals surface area contributed by atoms with Crippen molar-refractivity contribution in [2.24, 2.45) is 0 Å². The highest BCUT2D eigenvalue weighted by Crippen LogP contribution is 2.40. The van der Waals surface area contributed by atoms with E-state index in [1.165, 1.54) is 18.4 Å². The normalized spacial score (nSPS) is 11.6. The van der Waals surface area contributed by atoms with Crippen LogP contribution in [0.3, 0.4) is 0 Å². The predicted octanol–water partition coefficient (Wildman–Crippen LogP) is 3.02. The molecule has 0 atom stereocenters. The Morgan fingerprint density at radius 3 is 2.67 bits per heavy atom. The molecule has 0 aliphatic heterocycles. The molecular formula is C15H14N2O5S2. The number of nitrogens with zero attached hydrogens (tertiary/aromatic N) is 1. The number of rotatable bonds is 4. The van der Waals surface area contributed by atoms with Gasteiger partial charge in [0.05, 0.1) is 29.1 Å². The summed E-state index contributed by atoms with van der Waals surface area (Å²) < 4.78 is 36.7. The first-order chi connectivity index (χ1) is 11.3. The number of carbonyl (C=O) groups excluding carboxylic acids is 1. The lowest BCUT2D eigenvalue weighted by atomic mass is 10.1. The van der Waals surface area contributed by atoms with Crippen molar-refractivity contribution in [1.29, 1.82) is 0 Å². The van der Waals surface area contributed by atoms with Gasteiger partial charge in [-0.15, -0.1) is 11.3 Å². The number of para-hydroxylation sites is 1. The molecule has 7 nitrogen and oxygen atoms in total. The van der Waals surface area contributed by atoms with Crippen LogP contribution in [0.25, 0.3) is 20.8 Å². The number of aryl methyl sites for hydroxylation is 1. The number of hydrogen-bond acceptors (Lipinski definition) is 7. The molecule has 2 heterocycles. The molecule has 0 radical (unpaired) electrons. The van der Waals surface area contributed by atoms with Gasteiger partial charge in [-0.05, 0) is 19.1 Å². The van der Waals surface area contributed by atoms with Crippen LogP contribution in [0, 0.1) is 6.92 Å². The lowest BCUT2D eigenvalue weighted by Gasteiger charge is -2.03. The molecule has 9 heteroatoms. The number of anilines is 1. The van der Waals surface area contributed by atoms with Gasteiger partial charge < -0.3 is 9.15 Å². The summed E-state index contributed by atoms with van der Waals surface area (Å²) in [4.78, 5) is 16.6. The molecule has 0 amide bonds. The summed E-state index contributed by atoms with van der Waals surface area (Å²) in [6.07, 6.45) is 1.00. The van der Waals surface area contributed by atoms with Gasteiger partial charge in [-0.2, -0.15) is 0 Å². The van der Waals surface area contributed by atoms with E-state index >= 15 is 0 Å². The molecule has 3 aromatic rings. The summed E-state index contributed by atoms with van der Waals surface area (Å²) in [6.45, 7) is 1.57.